The van der Waals surface area contributed by atoms with E-state index in [2.05, 4.69) is 4.99 Å². The van der Waals surface area contributed by atoms with E-state index in [1.165, 1.54) is 17.7 Å². The minimum Gasteiger partial charge on any atom is -0.493 e. The zero-order valence-electron chi connectivity index (χ0n) is 23.6. The molecule has 0 fully saturated rings. The number of non-ortho nitro benzene ring substituents is 1. The maximum absolute atomic E-state index is 13.8. The van der Waals surface area contributed by atoms with Crippen molar-refractivity contribution in [3.05, 3.63) is 129 Å². The van der Waals surface area contributed by atoms with Crippen LogP contribution in [0, 0.1) is 20.2 Å². The van der Waals surface area contributed by atoms with E-state index in [4.69, 9.17) is 14.2 Å². The van der Waals surface area contributed by atoms with Crippen LogP contribution in [0.1, 0.15) is 31.0 Å². The summed E-state index contributed by atoms with van der Waals surface area (Å²) in [4.78, 5) is 52.9. The normalized spacial score (nSPS) is 14.4. The van der Waals surface area contributed by atoms with E-state index >= 15 is 0 Å². The Morgan fingerprint density at radius 2 is 1.75 bits per heavy atom. The molecule has 1 aliphatic heterocycles. The van der Waals surface area contributed by atoms with Crippen LogP contribution in [0.15, 0.2) is 87.8 Å². The highest BCUT2D eigenvalue weighted by Gasteiger charge is 2.33. The van der Waals surface area contributed by atoms with Crippen molar-refractivity contribution < 1.29 is 28.9 Å². The quantitative estimate of drug-likeness (QED) is 0.150. The van der Waals surface area contributed by atoms with Crippen molar-refractivity contribution in [1.82, 2.24) is 4.57 Å². The summed E-state index contributed by atoms with van der Waals surface area (Å²) < 4.78 is 18.3. The standard InChI is InChI=1S/C30H24N4O9S/c1-4-42-29(36)26-17(2)31-30-32(27(26)19-8-6-5-7-9-19)28(35)25(44-30)15-18-10-12-23(24(14-18)41-3)43-22-13-11-20(33(37)38)16-21(22)34(39)40/h5-16,27H,4H2,1-3H3/b25-15-/t27-/m1/s1. The molecular formula is C30H24N4O9S. The number of rotatable bonds is 9. The number of methoxy groups -OCH3 is 1. The number of thiazole rings is 1. The number of nitro benzene ring substituents is 2. The summed E-state index contributed by atoms with van der Waals surface area (Å²) >= 11 is 1.16. The van der Waals surface area contributed by atoms with Crippen LogP contribution in [-0.4, -0.2) is 34.1 Å². The number of ether oxygens (including phenoxy) is 3. The zero-order valence-corrected chi connectivity index (χ0v) is 24.4. The summed E-state index contributed by atoms with van der Waals surface area (Å²) in [5, 5.41) is 22.6. The fourth-order valence-corrected chi connectivity index (χ4v) is 5.77. The van der Waals surface area contributed by atoms with Crippen LogP contribution in [0.3, 0.4) is 0 Å². The SMILES string of the molecule is CCOC(=O)C1=C(C)N=c2s/c(=C\c3ccc(Oc4ccc([N+](=O)[O-])cc4[N+](=O)[O-])c(OC)c3)c(=O)n2[C@@H]1c1ccccc1. The predicted octanol–water partition coefficient (Wildman–Crippen LogP) is 4.42. The number of carbonyl (C=O) groups is 1. The van der Waals surface area contributed by atoms with Crippen molar-refractivity contribution in [3.8, 4) is 17.2 Å². The Morgan fingerprint density at radius 1 is 1.02 bits per heavy atom. The summed E-state index contributed by atoms with van der Waals surface area (Å²) in [5.41, 5.74) is 0.604. The van der Waals surface area contributed by atoms with E-state index < -0.39 is 33.2 Å². The third-order valence-corrected chi connectivity index (χ3v) is 7.67. The van der Waals surface area contributed by atoms with Gasteiger partial charge in [0.2, 0.25) is 5.75 Å². The lowest BCUT2D eigenvalue weighted by Crippen LogP contribution is -2.39. The van der Waals surface area contributed by atoms with Crippen molar-refractivity contribution in [3.63, 3.8) is 0 Å². The predicted molar refractivity (Wildman–Crippen MR) is 160 cm³/mol. The molecule has 0 bridgehead atoms. The van der Waals surface area contributed by atoms with Crippen LogP contribution in [-0.2, 0) is 9.53 Å². The lowest BCUT2D eigenvalue weighted by atomic mass is 9.96. The molecule has 224 valence electrons. The van der Waals surface area contributed by atoms with Gasteiger partial charge in [-0.25, -0.2) is 9.79 Å². The fraction of sp³-hybridized carbons (Fsp3) is 0.167. The molecule has 0 saturated heterocycles. The minimum atomic E-state index is -0.777. The number of nitro groups is 2. The second kappa shape index (κ2) is 12.3. The van der Waals surface area contributed by atoms with E-state index in [1.54, 1.807) is 32.1 Å². The first kappa shape index (κ1) is 29.8. The van der Waals surface area contributed by atoms with Gasteiger partial charge < -0.3 is 14.2 Å². The molecule has 3 aromatic carbocycles. The topological polar surface area (TPSA) is 165 Å². The number of hydrogen-bond acceptors (Lipinski definition) is 11. The maximum atomic E-state index is 13.8. The molecule has 2 heterocycles. The molecule has 0 aliphatic carbocycles. The monoisotopic (exact) mass is 616 g/mol. The number of allylic oxidation sites excluding steroid dienone is 1. The first-order chi connectivity index (χ1) is 21.1. The van der Waals surface area contributed by atoms with Crippen LogP contribution in [0.2, 0.25) is 0 Å². The molecule has 1 aromatic heterocycles. The Hall–Kier alpha value is -5.63. The molecule has 14 heteroatoms. The van der Waals surface area contributed by atoms with Crippen LogP contribution < -0.4 is 24.4 Å². The van der Waals surface area contributed by atoms with Crippen LogP contribution in [0.5, 0.6) is 17.2 Å². The van der Waals surface area contributed by atoms with Crippen molar-refractivity contribution in [2.75, 3.05) is 13.7 Å². The smallest absolute Gasteiger partial charge is 0.338 e. The van der Waals surface area contributed by atoms with E-state index in [9.17, 15) is 29.8 Å². The van der Waals surface area contributed by atoms with Gasteiger partial charge in [0.1, 0.15) is 0 Å². The third-order valence-electron chi connectivity index (χ3n) is 6.69. The number of hydrogen-bond donors (Lipinski definition) is 0. The highest BCUT2D eigenvalue weighted by atomic mass is 32.1. The Morgan fingerprint density at radius 3 is 2.41 bits per heavy atom. The van der Waals surface area contributed by atoms with Gasteiger partial charge in [0.05, 0.1) is 51.5 Å². The Labute approximate surface area is 252 Å². The third kappa shape index (κ3) is 5.70. The van der Waals surface area contributed by atoms with Gasteiger partial charge in [-0.1, -0.05) is 47.7 Å². The molecule has 4 aromatic rings. The van der Waals surface area contributed by atoms with Crippen LogP contribution in [0.25, 0.3) is 6.08 Å². The molecule has 1 atom stereocenters. The van der Waals surface area contributed by atoms with Crippen molar-refractivity contribution in [2.24, 2.45) is 4.99 Å². The molecule has 0 N–H and O–H groups in total. The van der Waals surface area contributed by atoms with Gasteiger partial charge in [-0.3, -0.25) is 29.6 Å². The van der Waals surface area contributed by atoms with Gasteiger partial charge in [0, 0.05) is 6.07 Å². The van der Waals surface area contributed by atoms with E-state index in [-0.39, 0.29) is 35.0 Å². The summed E-state index contributed by atoms with van der Waals surface area (Å²) in [7, 11) is 1.38. The van der Waals surface area contributed by atoms with Gasteiger partial charge in [-0.15, -0.1) is 0 Å². The van der Waals surface area contributed by atoms with Crippen LogP contribution in [0.4, 0.5) is 11.4 Å². The Kier molecular flexibility index (Phi) is 8.35. The molecule has 44 heavy (non-hydrogen) atoms. The van der Waals surface area contributed by atoms with Crippen molar-refractivity contribution in [1.29, 1.82) is 0 Å². The van der Waals surface area contributed by atoms with Gasteiger partial charge in [0.15, 0.2) is 16.3 Å². The van der Waals surface area contributed by atoms with E-state index in [0.29, 0.717) is 20.6 Å². The number of esters is 1. The Bertz CT molecular complexity index is 2020. The second-order valence-corrected chi connectivity index (χ2v) is 10.4. The Balaban J connectivity index is 1.56. The summed E-state index contributed by atoms with van der Waals surface area (Å²) in [6.07, 6.45) is 1.63. The van der Waals surface area contributed by atoms with E-state index in [1.807, 2.05) is 30.3 Å². The first-order valence-electron chi connectivity index (χ1n) is 13.2. The summed E-state index contributed by atoms with van der Waals surface area (Å²) in [6, 6.07) is 16.2. The van der Waals surface area contributed by atoms with E-state index in [0.717, 1.165) is 35.1 Å². The number of benzene rings is 3. The van der Waals surface area contributed by atoms with Gasteiger partial charge in [-0.2, -0.15) is 0 Å². The van der Waals surface area contributed by atoms with Gasteiger partial charge >= 0.3 is 11.7 Å². The zero-order chi connectivity index (χ0) is 31.5. The lowest BCUT2D eigenvalue weighted by molar-refractivity contribution is -0.394. The van der Waals surface area contributed by atoms with Crippen molar-refractivity contribution >= 4 is 34.8 Å². The molecule has 1 aliphatic rings. The lowest BCUT2D eigenvalue weighted by Gasteiger charge is -2.24. The van der Waals surface area contributed by atoms with Crippen molar-refractivity contribution in [2.45, 2.75) is 19.9 Å². The van der Waals surface area contributed by atoms with Gasteiger partial charge in [0.25, 0.3) is 11.2 Å². The summed E-state index contributed by atoms with van der Waals surface area (Å²) in [6.45, 7) is 3.58. The largest absolute Gasteiger partial charge is 0.493 e. The molecule has 0 saturated carbocycles. The molecule has 5 rings (SSSR count). The maximum Gasteiger partial charge on any atom is 0.338 e. The number of fused-ring (bicyclic) bond motifs is 1. The number of carbonyl (C=O) groups excluding carboxylic acids is 1. The highest BCUT2D eigenvalue weighted by molar-refractivity contribution is 7.07. The second-order valence-electron chi connectivity index (χ2n) is 9.39. The first-order valence-corrected chi connectivity index (χ1v) is 14.0. The fourth-order valence-electron chi connectivity index (χ4n) is 4.72. The summed E-state index contributed by atoms with van der Waals surface area (Å²) in [5.74, 6) is -0.456. The van der Waals surface area contributed by atoms with Gasteiger partial charge in [-0.05, 0) is 49.2 Å². The van der Waals surface area contributed by atoms with Crippen LogP contribution >= 0.6 is 11.3 Å². The molecule has 0 radical (unpaired) electrons. The average Bonchev–Trinajstić information content (AvgIpc) is 3.31. The molecule has 0 spiro atoms. The number of nitrogens with zero attached hydrogens (tertiary/aromatic N) is 4. The molecular weight excluding hydrogens is 592 g/mol. The highest BCUT2D eigenvalue weighted by Crippen LogP contribution is 2.38. The number of aromatic nitrogens is 1. The molecule has 13 nitrogen and oxygen atoms in total. The molecule has 0 unspecified atom stereocenters. The average molecular weight is 617 g/mol. The molecule has 0 amide bonds. The minimum absolute atomic E-state index is 0.113.